The van der Waals surface area contributed by atoms with E-state index in [2.05, 4.69) is 4.98 Å². The highest BCUT2D eigenvalue weighted by Crippen LogP contribution is 2.19. The quantitative estimate of drug-likeness (QED) is 0.731. The lowest BCUT2D eigenvalue weighted by molar-refractivity contribution is 0.101. The van der Waals surface area contributed by atoms with Crippen molar-refractivity contribution in [2.24, 2.45) is 0 Å². The van der Waals surface area contributed by atoms with E-state index < -0.39 is 0 Å². The third kappa shape index (κ3) is 1.29. The molecule has 72 valence electrons. The first kappa shape index (κ1) is 8.90. The summed E-state index contributed by atoms with van der Waals surface area (Å²) in [5.41, 5.74) is 1.57. The van der Waals surface area contributed by atoms with Crippen molar-refractivity contribution in [1.29, 1.82) is 0 Å². The van der Waals surface area contributed by atoms with Crippen LogP contribution in [0.25, 0.3) is 11.1 Å². The number of carbonyl (C=O) groups excluding carboxylic acids is 1. The number of oxazole rings is 1. The summed E-state index contributed by atoms with van der Waals surface area (Å²) < 4.78 is 5.19. The number of nitrogens with zero attached hydrogens (tertiary/aromatic N) is 1. The fraction of sp³-hybridized carbons (Fsp3) is 0.200. The lowest BCUT2D eigenvalue weighted by Gasteiger charge is -1.93. The normalized spacial score (nSPS) is 10.7. The molecule has 1 heterocycles. The molecule has 1 N–H and O–H groups in total. The number of ketones is 1. The molecule has 0 radical (unpaired) electrons. The Morgan fingerprint density at radius 2 is 2.36 bits per heavy atom. The first-order valence-corrected chi connectivity index (χ1v) is 4.22. The first-order chi connectivity index (χ1) is 6.72. The standard InChI is InChI=1S/C10H9NO3/c1-6(13)7-3-2-4-8-10(7)11-9(5-12)14-8/h2-4,12H,5H2,1H3. The van der Waals surface area contributed by atoms with E-state index in [1.165, 1.54) is 6.92 Å². The van der Waals surface area contributed by atoms with Gasteiger partial charge in [-0.25, -0.2) is 4.98 Å². The second-order valence-electron chi connectivity index (χ2n) is 2.97. The van der Waals surface area contributed by atoms with Gasteiger partial charge < -0.3 is 9.52 Å². The topological polar surface area (TPSA) is 63.3 Å². The van der Waals surface area contributed by atoms with Gasteiger partial charge >= 0.3 is 0 Å². The van der Waals surface area contributed by atoms with Crippen molar-refractivity contribution in [1.82, 2.24) is 4.98 Å². The molecule has 0 unspecified atom stereocenters. The van der Waals surface area contributed by atoms with E-state index in [1.54, 1.807) is 18.2 Å². The van der Waals surface area contributed by atoms with E-state index in [-0.39, 0.29) is 18.3 Å². The molecule has 14 heavy (non-hydrogen) atoms. The van der Waals surface area contributed by atoms with Gasteiger partial charge in [-0.2, -0.15) is 0 Å². The number of aliphatic hydroxyl groups excluding tert-OH is 1. The molecule has 0 bridgehead atoms. The summed E-state index contributed by atoms with van der Waals surface area (Å²) in [5, 5.41) is 8.83. The molecule has 0 saturated heterocycles. The van der Waals surface area contributed by atoms with Crippen LogP contribution in [0.3, 0.4) is 0 Å². The second kappa shape index (κ2) is 3.23. The zero-order valence-corrected chi connectivity index (χ0v) is 7.65. The number of Topliss-reactive ketones (excluding diaryl/α,β-unsaturated/α-hetero) is 1. The number of rotatable bonds is 2. The van der Waals surface area contributed by atoms with Crippen LogP contribution in [0.4, 0.5) is 0 Å². The van der Waals surface area contributed by atoms with Crippen LogP contribution < -0.4 is 0 Å². The summed E-state index contributed by atoms with van der Waals surface area (Å²) in [7, 11) is 0. The second-order valence-corrected chi connectivity index (χ2v) is 2.97. The number of aromatic nitrogens is 1. The molecule has 4 nitrogen and oxygen atoms in total. The molecule has 0 aliphatic heterocycles. The summed E-state index contributed by atoms with van der Waals surface area (Å²) in [5.74, 6) is 0.169. The Hall–Kier alpha value is -1.68. The maximum Gasteiger partial charge on any atom is 0.221 e. The SMILES string of the molecule is CC(=O)c1cccc2oc(CO)nc12. The van der Waals surface area contributed by atoms with Gasteiger partial charge in [-0.3, -0.25) is 4.79 Å². The smallest absolute Gasteiger partial charge is 0.221 e. The van der Waals surface area contributed by atoms with E-state index in [1.807, 2.05) is 0 Å². The molecular formula is C10H9NO3. The number of fused-ring (bicyclic) bond motifs is 1. The maximum absolute atomic E-state index is 11.2. The average Bonchev–Trinajstić information content (AvgIpc) is 2.59. The van der Waals surface area contributed by atoms with E-state index >= 15 is 0 Å². The van der Waals surface area contributed by atoms with Gasteiger partial charge in [0.1, 0.15) is 12.1 Å². The molecule has 4 heteroatoms. The summed E-state index contributed by atoms with van der Waals surface area (Å²) in [4.78, 5) is 15.2. The monoisotopic (exact) mass is 191 g/mol. The molecule has 2 aromatic rings. The molecule has 0 amide bonds. The Balaban J connectivity index is 2.73. The Morgan fingerprint density at radius 3 is 3.00 bits per heavy atom. The fourth-order valence-corrected chi connectivity index (χ4v) is 1.35. The Kier molecular flexibility index (Phi) is 2.05. The lowest BCUT2D eigenvalue weighted by Crippen LogP contribution is -1.92. The minimum atomic E-state index is -0.258. The van der Waals surface area contributed by atoms with Gasteiger partial charge in [0.2, 0.25) is 5.89 Å². The molecular weight excluding hydrogens is 182 g/mol. The van der Waals surface area contributed by atoms with Crippen molar-refractivity contribution in [3.05, 3.63) is 29.7 Å². The lowest BCUT2D eigenvalue weighted by atomic mass is 10.1. The summed E-state index contributed by atoms with van der Waals surface area (Å²) in [6, 6.07) is 5.13. The Bertz CT molecular complexity index is 487. The molecule has 0 fully saturated rings. The zero-order chi connectivity index (χ0) is 10.1. The van der Waals surface area contributed by atoms with Gasteiger partial charge in [0, 0.05) is 5.56 Å². The third-order valence-corrected chi connectivity index (χ3v) is 1.98. The van der Waals surface area contributed by atoms with Gasteiger partial charge in [-0.15, -0.1) is 0 Å². The van der Waals surface area contributed by atoms with Crippen molar-refractivity contribution >= 4 is 16.9 Å². The largest absolute Gasteiger partial charge is 0.438 e. The van der Waals surface area contributed by atoms with Crippen LogP contribution >= 0.6 is 0 Å². The van der Waals surface area contributed by atoms with Gasteiger partial charge in [0.25, 0.3) is 0 Å². The summed E-state index contributed by atoms with van der Waals surface area (Å²) in [6.07, 6.45) is 0. The molecule has 0 atom stereocenters. The van der Waals surface area contributed by atoms with E-state index in [9.17, 15) is 4.79 Å². The Labute approximate surface area is 80.2 Å². The Morgan fingerprint density at radius 1 is 1.57 bits per heavy atom. The number of para-hydroxylation sites is 1. The molecule has 0 spiro atoms. The number of carbonyl (C=O) groups is 1. The molecule has 1 aromatic carbocycles. The highest BCUT2D eigenvalue weighted by molar-refractivity contribution is 6.04. The van der Waals surface area contributed by atoms with Crippen molar-refractivity contribution < 1.29 is 14.3 Å². The first-order valence-electron chi connectivity index (χ1n) is 4.22. The van der Waals surface area contributed by atoms with Crippen LogP contribution in [0.1, 0.15) is 23.2 Å². The van der Waals surface area contributed by atoms with Crippen molar-refractivity contribution in [2.75, 3.05) is 0 Å². The number of aliphatic hydroxyl groups is 1. The van der Waals surface area contributed by atoms with Crippen LogP contribution in [0.15, 0.2) is 22.6 Å². The molecule has 1 aromatic heterocycles. The van der Waals surface area contributed by atoms with Gasteiger partial charge in [-0.1, -0.05) is 6.07 Å². The number of benzene rings is 1. The van der Waals surface area contributed by atoms with Gasteiger partial charge in [0.05, 0.1) is 0 Å². The zero-order valence-electron chi connectivity index (χ0n) is 7.65. The van der Waals surface area contributed by atoms with Crippen LogP contribution in [0, 0.1) is 0 Å². The predicted octanol–water partition coefficient (Wildman–Crippen LogP) is 1.52. The van der Waals surface area contributed by atoms with Crippen molar-refractivity contribution in [2.45, 2.75) is 13.5 Å². The van der Waals surface area contributed by atoms with Crippen LogP contribution in [-0.4, -0.2) is 15.9 Å². The van der Waals surface area contributed by atoms with Crippen LogP contribution in [0.2, 0.25) is 0 Å². The molecule has 0 saturated carbocycles. The maximum atomic E-state index is 11.2. The average molecular weight is 191 g/mol. The van der Waals surface area contributed by atoms with E-state index in [0.717, 1.165) is 0 Å². The van der Waals surface area contributed by atoms with Gasteiger partial charge in [-0.05, 0) is 19.1 Å². The number of hydrogen-bond donors (Lipinski definition) is 1. The van der Waals surface area contributed by atoms with Crippen LogP contribution in [0.5, 0.6) is 0 Å². The van der Waals surface area contributed by atoms with E-state index in [4.69, 9.17) is 9.52 Å². The third-order valence-electron chi connectivity index (χ3n) is 1.98. The summed E-state index contributed by atoms with van der Waals surface area (Å²) >= 11 is 0. The van der Waals surface area contributed by atoms with Gasteiger partial charge in [0.15, 0.2) is 11.4 Å². The molecule has 0 aliphatic rings. The highest BCUT2D eigenvalue weighted by Gasteiger charge is 2.11. The number of hydrogen-bond acceptors (Lipinski definition) is 4. The summed E-state index contributed by atoms with van der Waals surface area (Å²) in [6.45, 7) is 1.22. The van der Waals surface area contributed by atoms with Crippen molar-refractivity contribution in [3.63, 3.8) is 0 Å². The predicted molar refractivity (Wildman–Crippen MR) is 49.9 cm³/mol. The molecule has 2 rings (SSSR count). The highest BCUT2D eigenvalue weighted by atomic mass is 16.4. The van der Waals surface area contributed by atoms with Crippen molar-refractivity contribution in [3.8, 4) is 0 Å². The minimum Gasteiger partial charge on any atom is -0.438 e. The molecule has 0 aliphatic carbocycles. The van der Waals surface area contributed by atoms with E-state index in [0.29, 0.717) is 16.7 Å². The minimum absolute atomic E-state index is 0.0617. The fourth-order valence-electron chi connectivity index (χ4n) is 1.35. The van der Waals surface area contributed by atoms with Crippen LogP contribution in [-0.2, 0) is 6.61 Å².